The minimum absolute atomic E-state index is 0.140. The number of para-hydroxylation sites is 1. The van der Waals surface area contributed by atoms with E-state index in [1.807, 2.05) is 18.2 Å². The molecule has 0 saturated heterocycles. The second-order valence-electron chi connectivity index (χ2n) is 6.39. The molecule has 24 heavy (non-hydrogen) atoms. The second kappa shape index (κ2) is 7.36. The van der Waals surface area contributed by atoms with E-state index in [1.54, 1.807) is 35.0 Å². The van der Waals surface area contributed by atoms with E-state index in [0.717, 1.165) is 31.4 Å². The summed E-state index contributed by atoms with van der Waals surface area (Å²) in [5, 5.41) is 15.0. The molecule has 0 spiro atoms. The highest BCUT2D eigenvalue weighted by molar-refractivity contribution is 6.32. The van der Waals surface area contributed by atoms with E-state index >= 15 is 0 Å². The number of carbonyl (C=O) groups is 1. The first kappa shape index (κ1) is 17.0. The Kier molecular flexibility index (Phi) is 5.21. The quantitative estimate of drug-likeness (QED) is 0.924. The largest absolute Gasteiger partial charge is 0.393 e. The zero-order valence-electron chi connectivity index (χ0n) is 13.7. The molecule has 2 unspecified atom stereocenters. The van der Waals surface area contributed by atoms with Crippen molar-refractivity contribution in [2.45, 2.75) is 31.8 Å². The highest BCUT2D eigenvalue weighted by Gasteiger charge is 2.26. The number of hydrogen-bond acceptors (Lipinski definition) is 3. The number of hydrogen-bond donors (Lipinski definition) is 1. The third-order valence-electron chi connectivity index (χ3n) is 4.63. The molecular formula is C18H22ClN3O2. The monoisotopic (exact) mass is 347 g/mol. The summed E-state index contributed by atoms with van der Waals surface area (Å²) in [6, 6.07) is 9.06. The van der Waals surface area contributed by atoms with Crippen molar-refractivity contribution in [3.05, 3.63) is 47.2 Å². The van der Waals surface area contributed by atoms with Crippen molar-refractivity contribution in [2.24, 2.45) is 5.92 Å². The normalized spacial score (nSPS) is 20.8. The molecule has 5 nitrogen and oxygen atoms in total. The molecule has 2 atom stereocenters. The zero-order valence-corrected chi connectivity index (χ0v) is 14.5. The third-order valence-corrected chi connectivity index (χ3v) is 4.95. The molecule has 1 N–H and O–H groups in total. The number of nitrogens with zero attached hydrogens (tertiary/aromatic N) is 3. The van der Waals surface area contributed by atoms with Crippen LogP contribution in [0.1, 0.15) is 36.2 Å². The van der Waals surface area contributed by atoms with E-state index in [-0.39, 0.29) is 17.9 Å². The van der Waals surface area contributed by atoms with Crippen LogP contribution in [0.25, 0.3) is 5.69 Å². The van der Waals surface area contributed by atoms with Gasteiger partial charge in [0.1, 0.15) is 0 Å². The lowest BCUT2D eigenvalue weighted by Gasteiger charge is -2.30. The summed E-state index contributed by atoms with van der Waals surface area (Å²) in [4.78, 5) is 14.2. The van der Waals surface area contributed by atoms with Gasteiger partial charge in [0.2, 0.25) is 0 Å². The van der Waals surface area contributed by atoms with Crippen LogP contribution >= 0.6 is 11.6 Å². The number of amides is 1. The van der Waals surface area contributed by atoms with Crippen LogP contribution in [0.3, 0.4) is 0 Å². The average molecular weight is 348 g/mol. The van der Waals surface area contributed by atoms with Gasteiger partial charge in [-0.25, -0.2) is 4.68 Å². The number of carbonyl (C=O) groups excluding carboxylic acids is 1. The molecule has 1 heterocycles. The Morgan fingerprint density at radius 2 is 2.08 bits per heavy atom. The lowest BCUT2D eigenvalue weighted by molar-refractivity contribution is 0.0448. The van der Waals surface area contributed by atoms with Crippen LogP contribution in [0.2, 0.25) is 5.02 Å². The summed E-state index contributed by atoms with van der Waals surface area (Å²) in [6.45, 7) is 0.555. The molecule has 3 rings (SSSR count). The van der Waals surface area contributed by atoms with E-state index in [2.05, 4.69) is 5.10 Å². The molecule has 1 aromatic carbocycles. The lowest BCUT2D eigenvalue weighted by Crippen LogP contribution is -2.38. The standard InChI is InChI=1S/C18H22ClN3O2/c1-21(12-13-6-2-5-9-17(13)23)18(24)15-10-11-22(20-15)16-8-4-3-7-14(16)19/h3-4,7-8,10-11,13,17,23H,2,5-6,9,12H2,1H3. The van der Waals surface area contributed by atoms with E-state index in [9.17, 15) is 9.90 Å². The van der Waals surface area contributed by atoms with Crippen LogP contribution in [0.5, 0.6) is 0 Å². The lowest BCUT2D eigenvalue weighted by atomic mass is 9.86. The molecule has 0 bridgehead atoms. The predicted octanol–water partition coefficient (Wildman–Crippen LogP) is 3.15. The van der Waals surface area contributed by atoms with Gasteiger partial charge in [-0.1, -0.05) is 36.6 Å². The van der Waals surface area contributed by atoms with Crippen molar-refractivity contribution >= 4 is 17.5 Å². The molecule has 1 aliphatic rings. The van der Waals surface area contributed by atoms with Gasteiger partial charge < -0.3 is 10.0 Å². The smallest absolute Gasteiger partial charge is 0.274 e. The van der Waals surface area contributed by atoms with Gasteiger partial charge in [0.25, 0.3) is 5.91 Å². The maximum absolute atomic E-state index is 12.6. The molecule has 1 aliphatic carbocycles. The van der Waals surface area contributed by atoms with Gasteiger partial charge in [-0.05, 0) is 31.0 Å². The fraction of sp³-hybridized carbons (Fsp3) is 0.444. The Balaban J connectivity index is 1.70. The van der Waals surface area contributed by atoms with Crippen molar-refractivity contribution < 1.29 is 9.90 Å². The number of aromatic nitrogens is 2. The Bertz CT molecular complexity index is 716. The predicted molar refractivity (Wildman–Crippen MR) is 93.5 cm³/mol. The first-order valence-electron chi connectivity index (χ1n) is 8.30. The Labute approximate surface area is 146 Å². The molecule has 1 amide bonds. The number of benzene rings is 1. The van der Waals surface area contributed by atoms with E-state index in [0.29, 0.717) is 17.3 Å². The van der Waals surface area contributed by atoms with Crippen molar-refractivity contribution in [2.75, 3.05) is 13.6 Å². The van der Waals surface area contributed by atoms with Crippen LogP contribution in [-0.2, 0) is 0 Å². The Hall–Kier alpha value is -1.85. The summed E-state index contributed by atoms with van der Waals surface area (Å²) in [7, 11) is 1.76. The molecule has 0 aliphatic heterocycles. The molecule has 0 radical (unpaired) electrons. The number of halogens is 1. The maximum Gasteiger partial charge on any atom is 0.274 e. The summed E-state index contributed by atoms with van der Waals surface area (Å²) in [5.41, 5.74) is 1.12. The fourth-order valence-electron chi connectivity index (χ4n) is 3.24. The summed E-state index contributed by atoms with van der Waals surface area (Å²) in [6.07, 6.45) is 5.40. The topological polar surface area (TPSA) is 58.4 Å². The van der Waals surface area contributed by atoms with Gasteiger partial charge in [0.05, 0.1) is 16.8 Å². The van der Waals surface area contributed by atoms with E-state index in [4.69, 9.17) is 11.6 Å². The van der Waals surface area contributed by atoms with Crippen LogP contribution in [0.15, 0.2) is 36.5 Å². The van der Waals surface area contributed by atoms with Gasteiger partial charge in [-0.2, -0.15) is 5.10 Å². The molecule has 1 saturated carbocycles. The number of aliphatic hydroxyl groups excluding tert-OH is 1. The number of rotatable bonds is 4. The highest BCUT2D eigenvalue weighted by atomic mass is 35.5. The minimum atomic E-state index is -0.310. The van der Waals surface area contributed by atoms with Crippen LogP contribution in [-0.4, -0.2) is 45.4 Å². The zero-order chi connectivity index (χ0) is 17.1. The first-order valence-corrected chi connectivity index (χ1v) is 8.68. The molecule has 1 fully saturated rings. The van der Waals surface area contributed by atoms with Crippen molar-refractivity contribution in [1.82, 2.24) is 14.7 Å². The van der Waals surface area contributed by atoms with Gasteiger partial charge in [0, 0.05) is 25.7 Å². The molecular weight excluding hydrogens is 326 g/mol. The van der Waals surface area contributed by atoms with Crippen LogP contribution < -0.4 is 0 Å². The average Bonchev–Trinajstić information content (AvgIpc) is 3.06. The van der Waals surface area contributed by atoms with Gasteiger partial charge >= 0.3 is 0 Å². The van der Waals surface area contributed by atoms with Crippen LogP contribution in [0, 0.1) is 5.92 Å². The Morgan fingerprint density at radius 3 is 2.83 bits per heavy atom. The maximum atomic E-state index is 12.6. The first-order chi connectivity index (χ1) is 11.6. The third kappa shape index (κ3) is 3.62. The summed E-state index contributed by atoms with van der Waals surface area (Å²) < 4.78 is 1.61. The van der Waals surface area contributed by atoms with Crippen molar-refractivity contribution in [3.8, 4) is 5.69 Å². The summed E-state index contributed by atoms with van der Waals surface area (Å²) >= 11 is 6.17. The van der Waals surface area contributed by atoms with Gasteiger partial charge in [0.15, 0.2) is 5.69 Å². The molecule has 1 aromatic heterocycles. The Morgan fingerprint density at radius 1 is 1.33 bits per heavy atom. The SMILES string of the molecule is CN(CC1CCCCC1O)C(=O)c1ccn(-c2ccccc2Cl)n1. The number of aliphatic hydroxyl groups is 1. The highest BCUT2D eigenvalue weighted by Crippen LogP contribution is 2.25. The van der Waals surface area contributed by atoms with Gasteiger partial charge in [-0.3, -0.25) is 4.79 Å². The second-order valence-corrected chi connectivity index (χ2v) is 6.80. The molecule has 128 valence electrons. The molecule has 2 aromatic rings. The van der Waals surface area contributed by atoms with Crippen molar-refractivity contribution in [3.63, 3.8) is 0 Å². The van der Waals surface area contributed by atoms with E-state index in [1.165, 1.54) is 0 Å². The van der Waals surface area contributed by atoms with E-state index < -0.39 is 0 Å². The fourth-order valence-corrected chi connectivity index (χ4v) is 3.46. The van der Waals surface area contributed by atoms with Crippen LogP contribution in [0.4, 0.5) is 0 Å². The van der Waals surface area contributed by atoms with Crippen molar-refractivity contribution in [1.29, 1.82) is 0 Å². The summed E-state index contributed by atoms with van der Waals surface area (Å²) in [5.74, 6) is 0.0110. The minimum Gasteiger partial charge on any atom is -0.393 e. The van der Waals surface area contributed by atoms with Gasteiger partial charge in [-0.15, -0.1) is 0 Å². The molecule has 6 heteroatoms.